The van der Waals surface area contributed by atoms with Gasteiger partial charge in [0.25, 0.3) is 0 Å². The van der Waals surface area contributed by atoms with E-state index in [1.807, 2.05) is 0 Å². The van der Waals surface area contributed by atoms with Crippen LogP contribution in [0.25, 0.3) is 0 Å². The molecule has 1 aromatic carbocycles. The summed E-state index contributed by atoms with van der Waals surface area (Å²) in [6, 6.07) is 4.73. The zero-order chi connectivity index (χ0) is 11.5. The maximum absolute atomic E-state index is 13.0. The van der Waals surface area contributed by atoms with Crippen molar-refractivity contribution in [2.45, 2.75) is 32.3 Å². The van der Waals surface area contributed by atoms with Crippen molar-refractivity contribution in [3.63, 3.8) is 0 Å². The van der Waals surface area contributed by atoms with Crippen molar-refractivity contribution in [2.24, 2.45) is 5.92 Å². The van der Waals surface area contributed by atoms with Gasteiger partial charge in [-0.2, -0.15) is 0 Å². The standard InChI is InChI=1S/C13H16ClFO/c1-2-9(8-14)5-12-7-10-6-11(15)3-4-13(10)16-12/h3-4,6,9,12H,2,5,7-8H2,1H3. The number of hydrogen-bond donors (Lipinski definition) is 0. The molecule has 0 radical (unpaired) electrons. The second-order valence-electron chi connectivity index (χ2n) is 4.36. The quantitative estimate of drug-likeness (QED) is 0.730. The summed E-state index contributed by atoms with van der Waals surface area (Å²) >= 11 is 5.87. The lowest BCUT2D eigenvalue weighted by Gasteiger charge is -2.16. The van der Waals surface area contributed by atoms with E-state index >= 15 is 0 Å². The molecule has 3 heteroatoms. The van der Waals surface area contributed by atoms with E-state index in [-0.39, 0.29) is 11.9 Å². The fourth-order valence-corrected chi connectivity index (χ4v) is 2.48. The van der Waals surface area contributed by atoms with Gasteiger partial charge in [0.1, 0.15) is 17.7 Å². The summed E-state index contributed by atoms with van der Waals surface area (Å²) in [5, 5.41) is 0. The smallest absolute Gasteiger partial charge is 0.123 e. The van der Waals surface area contributed by atoms with E-state index in [1.54, 1.807) is 12.1 Å². The van der Waals surface area contributed by atoms with E-state index in [0.29, 0.717) is 11.8 Å². The Kier molecular flexibility index (Phi) is 3.70. The molecule has 0 spiro atoms. The van der Waals surface area contributed by atoms with Crippen LogP contribution in [0.1, 0.15) is 25.3 Å². The lowest BCUT2D eigenvalue weighted by molar-refractivity contribution is 0.197. The van der Waals surface area contributed by atoms with Crippen LogP contribution in [0.5, 0.6) is 5.75 Å². The van der Waals surface area contributed by atoms with Gasteiger partial charge < -0.3 is 4.74 Å². The van der Waals surface area contributed by atoms with Crippen molar-refractivity contribution in [2.75, 3.05) is 5.88 Å². The molecule has 2 unspecified atom stereocenters. The molecule has 1 aliphatic heterocycles. The third-order valence-corrected chi connectivity index (χ3v) is 3.59. The van der Waals surface area contributed by atoms with Gasteiger partial charge in [-0.15, -0.1) is 11.6 Å². The second-order valence-corrected chi connectivity index (χ2v) is 4.67. The van der Waals surface area contributed by atoms with E-state index in [2.05, 4.69) is 6.92 Å². The molecule has 2 atom stereocenters. The van der Waals surface area contributed by atoms with Crippen molar-refractivity contribution < 1.29 is 9.13 Å². The first-order valence-corrected chi connectivity index (χ1v) is 6.27. The number of benzene rings is 1. The van der Waals surface area contributed by atoms with Crippen LogP contribution in [0.3, 0.4) is 0 Å². The van der Waals surface area contributed by atoms with E-state index in [9.17, 15) is 4.39 Å². The molecule has 0 amide bonds. The van der Waals surface area contributed by atoms with Crippen LogP contribution >= 0.6 is 11.6 Å². The van der Waals surface area contributed by atoms with Crippen LogP contribution < -0.4 is 4.74 Å². The van der Waals surface area contributed by atoms with Crippen molar-refractivity contribution >= 4 is 11.6 Å². The highest BCUT2D eigenvalue weighted by Gasteiger charge is 2.25. The van der Waals surface area contributed by atoms with E-state index in [0.717, 1.165) is 30.6 Å². The maximum Gasteiger partial charge on any atom is 0.123 e. The molecule has 0 saturated heterocycles. The lowest BCUT2D eigenvalue weighted by atomic mass is 9.98. The SMILES string of the molecule is CCC(CCl)CC1Cc2cc(F)ccc2O1. The summed E-state index contributed by atoms with van der Waals surface area (Å²) in [6.45, 7) is 2.13. The fraction of sp³-hybridized carbons (Fsp3) is 0.538. The van der Waals surface area contributed by atoms with Crippen LogP contribution in [-0.2, 0) is 6.42 Å². The first kappa shape index (κ1) is 11.7. The highest BCUT2D eigenvalue weighted by molar-refractivity contribution is 6.18. The predicted molar refractivity (Wildman–Crippen MR) is 63.6 cm³/mol. The molecule has 0 aromatic heterocycles. The Morgan fingerprint density at radius 2 is 2.38 bits per heavy atom. The predicted octanol–water partition coefficient (Wildman–Crippen LogP) is 3.78. The molecule has 0 saturated carbocycles. The first-order valence-electron chi connectivity index (χ1n) is 5.74. The van der Waals surface area contributed by atoms with Gasteiger partial charge in [0.15, 0.2) is 0 Å². The van der Waals surface area contributed by atoms with Crippen LogP contribution in [0.4, 0.5) is 4.39 Å². The minimum absolute atomic E-state index is 0.167. The Morgan fingerprint density at radius 3 is 3.06 bits per heavy atom. The molecule has 16 heavy (non-hydrogen) atoms. The number of ether oxygens (including phenoxy) is 1. The number of rotatable bonds is 4. The summed E-state index contributed by atoms with van der Waals surface area (Å²) in [6.07, 6.45) is 2.99. The molecular weight excluding hydrogens is 227 g/mol. The highest BCUT2D eigenvalue weighted by atomic mass is 35.5. The summed E-state index contributed by atoms with van der Waals surface area (Å²) in [5.74, 6) is 1.80. The maximum atomic E-state index is 13.0. The molecule has 1 nitrogen and oxygen atoms in total. The zero-order valence-electron chi connectivity index (χ0n) is 9.38. The number of halogens is 2. The molecule has 1 heterocycles. The van der Waals surface area contributed by atoms with Gasteiger partial charge in [-0.05, 0) is 30.5 Å². The summed E-state index contributed by atoms with van der Waals surface area (Å²) in [5.41, 5.74) is 0.981. The number of alkyl halides is 1. The average molecular weight is 243 g/mol. The molecule has 0 N–H and O–H groups in total. The topological polar surface area (TPSA) is 9.23 Å². The molecule has 88 valence electrons. The number of hydrogen-bond acceptors (Lipinski definition) is 1. The van der Waals surface area contributed by atoms with Gasteiger partial charge in [0.05, 0.1) is 0 Å². The van der Waals surface area contributed by atoms with Crippen LogP contribution in [0, 0.1) is 11.7 Å². The van der Waals surface area contributed by atoms with Crippen molar-refractivity contribution in [1.29, 1.82) is 0 Å². The average Bonchev–Trinajstić information content (AvgIpc) is 2.67. The van der Waals surface area contributed by atoms with Gasteiger partial charge in [-0.25, -0.2) is 4.39 Å². The Balaban J connectivity index is 2.00. The first-order chi connectivity index (χ1) is 7.72. The van der Waals surface area contributed by atoms with E-state index in [4.69, 9.17) is 16.3 Å². The summed E-state index contributed by atoms with van der Waals surface area (Å²) in [4.78, 5) is 0. The van der Waals surface area contributed by atoms with Gasteiger partial charge in [0, 0.05) is 17.9 Å². The Bertz CT molecular complexity index is 363. The highest BCUT2D eigenvalue weighted by Crippen LogP contribution is 2.32. The van der Waals surface area contributed by atoms with Crippen molar-refractivity contribution in [3.05, 3.63) is 29.6 Å². The van der Waals surface area contributed by atoms with Gasteiger partial charge in [-0.3, -0.25) is 0 Å². The van der Waals surface area contributed by atoms with E-state index < -0.39 is 0 Å². The normalized spacial score (nSPS) is 20.3. The molecule has 1 aromatic rings. The molecule has 2 rings (SSSR count). The number of fused-ring (bicyclic) bond motifs is 1. The zero-order valence-corrected chi connectivity index (χ0v) is 10.1. The Hall–Kier alpha value is -0.760. The molecule has 0 fully saturated rings. The summed E-state index contributed by atoms with van der Waals surface area (Å²) in [7, 11) is 0. The van der Waals surface area contributed by atoms with Gasteiger partial charge >= 0.3 is 0 Å². The molecule has 0 aliphatic carbocycles. The fourth-order valence-electron chi connectivity index (χ4n) is 2.13. The summed E-state index contributed by atoms with van der Waals surface area (Å²) < 4.78 is 18.8. The lowest BCUT2D eigenvalue weighted by Crippen LogP contribution is -2.18. The Labute approximate surface area is 101 Å². The largest absolute Gasteiger partial charge is 0.490 e. The van der Waals surface area contributed by atoms with Gasteiger partial charge in [-0.1, -0.05) is 13.3 Å². The third kappa shape index (κ3) is 2.49. The van der Waals surface area contributed by atoms with Gasteiger partial charge in [0.2, 0.25) is 0 Å². The van der Waals surface area contributed by atoms with Crippen LogP contribution in [-0.4, -0.2) is 12.0 Å². The van der Waals surface area contributed by atoms with Crippen molar-refractivity contribution in [3.8, 4) is 5.75 Å². The van der Waals surface area contributed by atoms with Crippen molar-refractivity contribution in [1.82, 2.24) is 0 Å². The minimum atomic E-state index is -0.188. The molecule has 1 aliphatic rings. The third-order valence-electron chi connectivity index (χ3n) is 3.16. The van der Waals surface area contributed by atoms with Crippen LogP contribution in [0.2, 0.25) is 0 Å². The molecular formula is C13H16ClFO. The monoisotopic (exact) mass is 242 g/mol. The molecule has 0 bridgehead atoms. The Morgan fingerprint density at radius 1 is 1.56 bits per heavy atom. The van der Waals surface area contributed by atoms with E-state index in [1.165, 1.54) is 6.07 Å². The minimum Gasteiger partial charge on any atom is -0.490 e. The second kappa shape index (κ2) is 5.05. The van der Waals surface area contributed by atoms with Crippen LogP contribution in [0.15, 0.2) is 18.2 Å².